The minimum atomic E-state index is 0.0476. The van der Waals surface area contributed by atoms with E-state index in [-0.39, 0.29) is 5.91 Å². The molecule has 21 heavy (non-hydrogen) atoms. The van der Waals surface area contributed by atoms with E-state index in [2.05, 4.69) is 23.5 Å². The maximum absolute atomic E-state index is 11.9. The van der Waals surface area contributed by atoms with Gasteiger partial charge in [0.25, 0.3) is 0 Å². The number of hydrogen-bond donors (Lipinski definition) is 1. The number of likely N-dealkylation sites (N-methyl/N-ethyl adjacent to an activating group) is 1. The third-order valence-corrected chi connectivity index (χ3v) is 4.14. The Morgan fingerprint density at radius 3 is 2.95 bits per heavy atom. The van der Waals surface area contributed by atoms with Crippen molar-refractivity contribution in [2.75, 3.05) is 13.6 Å². The number of nitrogens with zero attached hydrogens (tertiary/aromatic N) is 3. The molecule has 1 amide bonds. The van der Waals surface area contributed by atoms with Crippen LogP contribution >= 0.6 is 11.3 Å². The van der Waals surface area contributed by atoms with E-state index in [1.807, 2.05) is 41.1 Å². The van der Waals surface area contributed by atoms with Crippen LogP contribution in [-0.4, -0.2) is 34.2 Å². The molecule has 5 nitrogen and oxygen atoms in total. The maximum atomic E-state index is 11.9. The lowest BCUT2D eigenvalue weighted by Crippen LogP contribution is -2.34. The molecule has 0 aromatic carbocycles. The lowest BCUT2D eigenvalue weighted by molar-refractivity contribution is -0.122. The number of nitrogens with one attached hydrogen (secondary N) is 1. The van der Waals surface area contributed by atoms with Gasteiger partial charge in [0, 0.05) is 29.7 Å². The highest BCUT2D eigenvalue weighted by atomic mass is 32.1. The van der Waals surface area contributed by atoms with Crippen molar-refractivity contribution in [1.29, 1.82) is 0 Å². The summed E-state index contributed by atoms with van der Waals surface area (Å²) in [5, 5.41) is 9.38. The Hall–Kier alpha value is -1.66. The molecule has 114 valence electrons. The fourth-order valence-corrected chi connectivity index (χ4v) is 2.77. The van der Waals surface area contributed by atoms with Crippen LogP contribution in [-0.2, 0) is 24.4 Å². The van der Waals surface area contributed by atoms with Crippen molar-refractivity contribution < 1.29 is 4.79 Å². The lowest BCUT2D eigenvalue weighted by atomic mass is 10.2. The van der Waals surface area contributed by atoms with Gasteiger partial charge in [0.1, 0.15) is 0 Å². The Labute approximate surface area is 129 Å². The van der Waals surface area contributed by atoms with Crippen molar-refractivity contribution in [3.63, 3.8) is 0 Å². The first-order chi connectivity index (χ1) is 10.1. The SMILES string of the molecule is CCn1cc(CN(C)CC(=O)NCc2cccs2)c(C)n1. The monoisotopic (exact) mass is 306 g/mol. The summed E-state index contributed by atoms with van der Waals surface area (Å²) >= 11 is 1.65. The minimum Gasteiger partial charge on any atom is -0.350 e. The van der Waals surface area contributed by atoms with Crippen molar-refractivity contribution in [2.45, 2.75) is 33.5 Å². The van der Waals surface area contributed by atoms with Gasteiger partial charge in [0.2, 0.25) is 5.91 Å². The van der Waals surface area contributed by atoms with Gasteiger partial charge in [-0.25, -0.2) is 0 Å². The van der Waals surface area contributed by atoms with Gasteiger partial charge < -0.3 is 5.32 Å². The van der Waals surface area contributed by atoms with E-state index in [9.17, 15) is 4.79 Å². The summed E-state index contributed by atoms with van der Waals surface area (Å²) in [5.41, 5.74) is 2.20. The van der Waals surface area contributed by atoms with Crippen molar-refractivity contribution in [3.8, 4) is 0 Å². The number of rotatable bonds is 7. The zero-order chi connectivity index (χ0) is 15.2. The highest BCUT2D eigenvalue weighted by Gasteiger charge is 2.10. The Morgan fingerprint density at radius 1 is 1.52 bits per heavy atom. The van der Waals surface area contributed by atoms with E-state index < -0.39 is 0 Å². The van der Waals surface area contributed by atoms with Gasteiger partial charge in [0.05, 0.1) is 18.8 Å². The molecule has 2 heterocycles. The number of amides is 1. The molecular formula is C15H22N4OS. The third-order valence-electron chi connectivity index (χ3n) is 3.27. The molecule has 1 N–H and O–H groups in total. The highest BCUT2D eigenvalue weighted by molar-refractivity contribution is 7.09. The predicted octanol–water partition coefficient (Wildman–Crippen LogP) is 2.02. The number of thiophene rings is 1. The second kappa shape index (κ2) is 7.38. The largest absolute Gasteiger partial charge is 0.350 e. The van der Waals surface area contributed by atoms with E-state index in [4.69, 9.17) is 0 Å². The molecule has 2 rings (SSSR count). The van der Waals surface area contributed by atoms with Crippen LogP contribution in [0.2, 0.25) is 0 Å². The van der Waals surface area contributed by atoms with Crippen LogP contribution in [0.3, 0.4) is 0 Å². The molecule has 0 aliphatic rings. The van der Waals surface area contributed by atoms with E-state index in [1.54, 1.807) is 11.3 Å². The Bertz CT molecular complexity index is 577. The molecule has 2 aromatic rings. The molecule has 0 atom stereocenters. The van der Waals surface area contributed by atoms with Crippen LogP contribution in [0.15, 0.2) is 23.7 Å². The highest BCUT2D eigenvalue weighted by Crippen LogP contribution is 2.09. The molecular weight excluding hydrogens is 284 g/mol. The topological polar surface area (TPSA) is 50.2 Å². The summed E-state index contributed by atoms with van der Waals surface area (Å²) in [6.07, 6.45) is 2.05. The van der Waals surface area contributed by atoms with Gasteiger partial charge in [-0.2, -0.15) is 5.10 Å². The van der Waals surface area contributed by atoms with Crippen LogP contribution in [0.4, 0.5) is 0 Å². The minimum absolute atomic E-state index is 0.0476. The van der Waals surface area contributed by atoms with Crippen molar-refractivity contribution in [3.05, 3.63) is 39.8 Å². The average Bonchev–Trinajstić information content (AvgIpc) is 3.07. The van der Waals surface area contributed by atoms with Crippen LogP contribution in [0.5, 0.6) is 0 Å². The lowest BCUT2D eigenvalue weighted by Gasteiger charge is -2.15. The molecule has 2 aromatic heterocycles. The zero-order valence-electron chi connectivity index (χ0n) is 12.8. The van der Waals surface area contributed by atoms with Crippen molar-refractivity contribution in [1.82, 2.24) is 20.0 Å². The summed E-state index contributed by atoms with van der Waals surface area (Å²) in [4.78, 5) is 15.1. The van der Waals surface area contributed by atoms with Gasteiger partial charge in [-0.1, -0.05) is 6.07 Å². The standard InChI is InChI=1S/C15H22N4OS/c1-4-19-10-13(12(2)17-19)9-18(3)11-15(20)16-8-14-6-5-7-21-14/h5-7,10H,4,8-9,11H2,1-3H3,(H,16,20). The number of hydrogen-bond acceptors (Lipinski definition) is 4. The van der Waals surface area contributed by atoms with Crippen molar-refractivity contribution >= 4 is 17.2 Å². The first kappa shape index (κ1) is 15.7. The quantitative estimate of drug-likeness (QED) is 0.851. The molecule has 0 spiro atoms. The van der Waals surface area contributed by atoms with Gasteiger partial charge in [-0.3, -0.25) is 14.4 Å². The molecule has 0 unspecified atom stereocenters. The smallest absolute Gasteiger partial charge is 0.234 e. The molecule has 0 saturated carbocycles. The number of aromatic nitrogens is 2. The first-order valence-corrected chi connectivity index (χ1v) is 7.97. The molecule has 0 bridgehead atoms. The summed E-state index contributed by atoms with van der Waals surface area (Å²) in [6, 6.07) is 4.02. The average molecular weight is 306 g/mol. The summed E-state index contributed by atoms with van der Waals surface area (Å²) in [6.45, 7) is 6.67. The number of carbonyl (C=O) groups is 1. The molecule has 0 fully saturated rings. The van der Waals surface area contributed by atoms with Gasteiger partial charge in [-0.05, 0) is 32.3 Å². The summed E-state index contributed by atoms with van der Waals surface area (Å²) < 4.78 is 1.93. The Balaban J connectivity index is 1.79. The zero-order valence-corrected chi connectivity index (χ0v) is 13.6. The van der Waals surface area contributed by atoms with Crippen LogP contribution in [0.1, 0.15) is 23.1 Å². The summed E-state index contributed by atoms with van der Waals surface area (Å²) in [7, 11) is 1.95. The molecule has 0 radical (unpaired) electrons. The van der Waals surface area contributed by atoms with E-state index >= 15 is 0 Å². The van der Waals surface area contributed by atoms with E-state index in [0.29, 0.717) is 13.1 Å². The maximum Gasteiger partial charge on any atom is 0.234 e. The van der Waals surface area contributed by atoms with Gasteiger partial charge in [0.15, 0.2) is 0 Å². The van der Waals surface area contributed by atoms with Crippen LogP contribution < -0.4 is 5.32 Å². The molecule has 6 heteroatoms. The van der Waals surface area contributed by atoms with Crippen LogP contribution in [0, 0.1) is 6.92 Å². The van der Waals surface area contributed by atoms with Gasteiger partial charge in [-0.15, -0.1) is 11.3 Å². The number of aryl methyl sites for hydroxylation is 2. The molecule has 0 saturated heterocycles. The van der Waals surface area contributed by atoms with E-state index in [0.717, 1.165) is 18.8 Å². The second-order valence-corrected chi connectivity index (χ2v) is 6.16. The van der Waals surface area contributed by atoms with E-state index in [1.165, 1.54) is 10.4 Å². The Morgan fingerprint density at radius 2 is 2.33 bits per heavy atom. The third kappa shape index (κ3) is 4.68. The number of carbonyl (C=O) groups excluding carboxylic acids is 1. The van der Waals surface area contributed by atoms with Gasteiger partial charge >= 0.3 is 0 Å². The summed E-state index contributed by atoms with van der Waals surface area (Å²) in [5.74, 6) is 0.0476. The van der Waals surface area contributed by atoms with Crippen LogP contribution in [0.25, 0.3) is 0 Å². The second-order valence-electron chi connectivity index (χ2n) is 5.12. The predicted molar refractivity (Wildman–Crippen MR) is 85.1 cm³/mol. The fourth-order valence-electron chi connectivity index (χ4n) is 2.12. The normalized spacial score (nSPS) is 11.0. The Kier molecular flexibility index (Phi) is 5.52. The fraction of sp³-hybridized carbons (Fsp3) is 0.467. The van der Waals surface area contributed by atoms with Crippen molar-refractivity contribution in [2.24, 2.45) is 0 Å². The first-order valence-electron chi connectivity index (χ1n) is 7.09. The molecule has 0 aliphatic heterocycles. The molecule has 0 aliphatic carbocycles.